The first-order valence-electron chi connectivity index (χ1n) is 9.74. The lowest BCUT2D eigenvalue weighted by atomic mass is 10.2. The van der Waals surface area contributed by atoms with Crippen molar-refractivity contribution in [3.63, 3.8) is 0 Å². The third kappa shape index (κ3) is 4.32. The molecule has 30 heavy (non-hydrogen) atoms. The predicted molar refractivity (Wildman–Crippen MR) is 121 cm³/mol. The fourth-order valence-electron chi connectivity index (χ4n) is 3.51. The molecule has 1 aromatic heterocycles. The highest BCUT2D eigenvalue weighted by molar-refractivity contribution is 8.18. The van der Waals surface area contributed by atoms with Gasteiger partial charge in [-0.1, -0.05) is 11.6 Å². The fourth-order valence-corrected chi connectivity index (χ4v) is 4.47. The van der Waals surface area contributed by atoms with Gasteiger partial charge in [0.1, 0.15) is 6.54 Å². The maximum absolute atomic E-state index is 12.8. The minimum atomic E-state index is -0.429. The number of aryl methyl sites for hydroxylation is 1. The van der Waals surface area contributed by atoms with Gasteiger partial charge in [0, 0.05) is 35.2 Å². The van der Waals surface area contributed by atoms with Crippen LogP contribution in [0.25, 0.3) is 11.8 Å². The zero-order valence-electron chi connectivity index (χ0n) is 17.4. The van der Waals surface area contributed by atoms with Crippen LogP contribution in [0.15, 0.2) is 35.2 Å². The summed E-state index contributed by atoms with van der Waals surface area (Å²) in [6, 6.07) is 9.48. The van der Waals surface area contributed by atoms with E-state index in [1.165, 1.54) is 0 Å². The second-order valence-corrected chi connectivity index (χ2v) is 8.40. The van der Waals surface area contributed by atoms with E-state index in [1.807, 2.05) is 58.0 Å². The van der Waals surface area contributed by atoms with Crippen molar-refractivity contribution in [1.82, 2.24) is 14.4 Å². The summed E-state index contributed by atoms with van der Waals surface area (Å²) in [7, 11) is 0. The summed E-state index contributed by atoms with van der Waals surface area (Å²) in [5.74, 6) is -0.661. The molecular formula is C22H24ClN3O3S. The van der Waals surface area contributed by atoms with Crippen molar-refractivity contribution in [2.75, 3.05) is 19.6 Å². The topological polar surface area (TPSA) is 62.6 Å². The highest BCUT2D eigenvalue weighted by atomic mass is 35.5. The highest BCUT2D eigenvalue weighted by Gasteiger charge is 2.37. The number of amides is 3. The molecular weight excluding hydrogens is 422 g/mol. The third-order valence-electron chi connectivity index (χ3n) is 5.12. The number of benzene rings is 1. The van der Waals surface area contributed by atoms with E-state index in [9.17, 15) is 14.4 Å². The van der Waals surface area contributed by atoms with E-state index in [4.69, 9.17) is 11.6 Å². The zero-order chi connectivity index (χ0) is 22.0. The van der Waals surface area contributed by atoms with Gasteiger partial charge < -0.3 is 9.47 Å². The predicted octanol–water partition coefficient (Wildman–Crippen LogP) is 4.65. The summed E-state index contributed by atoms with van der Waals surface area (Å²) in [4.78, 5) is 40.4. The van der Waals surface area contributed by atoms with Crippen LogP contribution in [0.4, 0.5) is 4.79 Å². The summed E-state index contributed by atoms with van der Waals surface area (Å²) in [6.45, 7) is 8.52. The third-order valence-corrected chi connectivity index (χ3v) is 6.28. The Hall–Kier alpha value is -2.51. The van der Waals surface area contributed by atoms with Crippen LogP contribution in [0.5, 0.6) is 0 Å². The number of hydrogen-bond donors (Lipinski definition) is 0. The molecule has 2 aromatic rings. The number of thioether (sulfide) groups is 1. The van der Waals surface area contributed by atoms with E-state index < -0.39 is 11.1 Å². The van der Waals surface area contributed by atoms with Gasteiger partial charge in [-0.05, 0) is 81.4 Å². The smallest absolute Gasteiger partial charge is 0.294 e. The van der Waals surface area contributed by atoms with Crippen molar-refractivity contribution in [1.29, 1.82) is 0 Å². The Kier molecular flexibility index (Phi) is 6.73. The van der Waals surface area contributed by atoms with Crippen LogP contribution in [0, 0.1) is 13.8 Å². The van der Waals surface area contributed by atoms with E-state index in [0.717, 1.165) is 39.3 Å². The first kappa shape index (κ1) is 22.2. The Balaban J connectivity index is 1.87. The van der Waals surface area contributed by atoms with Crippen LogP contribution in [0.2, 0.25) is 5.02 Å². The van der Waals surface area contributed by atoms with Gasteiger partial charge >= 0.3 is 0 Å². The zero-order valence-corrected chi connectivity index (χ0v) is 19.0. The molecule has 0 N–H and O–H groups in total. The second-order valence-electron chi connectivity index (χ2n) is 6.97. The molecule has 1 fully saturated rings. The molecule has 0 saturated carbocycles. The number of nitrogens with zero attached hydrogens (tertiary/aromatic N) is 3. The summed E-state index contributed by atoms with van der Waals surface area (Å²) in [5, 5.41) is 0.243. The first-order chi connectivity index (χ1) is 14.3. The van der Waals surface area contributed by atoms with Gasteiger partial charge in [0.05, 0.1) is 4.91 Å². The number of hydrogen-bond acceptors (Lipinski definition) is 4. The Bertz CT molecular complexity index is 1020. The minimum Gasteiger partial charge on any atom is -0.342 e. The van der Waals surface area contributed by atoms with Crippen LogP contribution >= 0.6 is 23.4 Å². The molecule has 2 heterocycles. The lowest BCUT2D eigenvalue weighted by Gasteiger charge is -2.21. The number of halogens is 1. The average molecular weight is 446 g/mol. The van der Waals surface area contributed by atoms with Crippen LogP contribution < -0.4 is 0 Å². The van der Waals surface area contributed by atoms with E-state index >= 15 is 0 Å². The summed E-state index contributed by atoms with van der Waals surface area (Å²) in [5.41, 5.74) is 3.76. The molecule has 3 rings (SSSR count). The van der Waals surface area contributed by atoms with Crippen LogP contribution in [-0.4, -0.2) is 51.1 Å². The molecule has 0 unspecified atom stereocenters. The summed E-state index contributed by atoms with van der Waals surface area (Å²) < 4.78 is 2.07. The normalized spacial score (nSPS) is 15.4. The van der Waals surface area contributed by atoms with Gasteiger partial charge in [0.15, 0.2) is 0 Å². The molecule has 8 heteroatoms. The lowest BCUT2D eigenvalue weighted by molar-refractivity contribution is -0.135. The Morgan fingerprint density at radius 2 is 1.77 bits per heavy atom. The Labute approximate surface area is 185 Å². The first-order valence-corrected chi connectivity index (χ1v) is 10.9. The molecule has 0 spiro atoms. The maximum atomic E-state index is 12.8. The van der Waals surface area contributed by atoms with Crippen LogP contribution in [0.1, 0.15) is 30.8 Å². The number of imide groups is 1. The lowest BCUT2D eigenvalue weighted by Crippen LogP contribution is -2.41. The molecule has 158 valence electrons. The van der Waals surface area contributed by atoms with Crippen molar-refractivity contribution in [2.45, 2.75) is 27.7 Å². The standard InChI is InChI=1S/C22H24ClN3O3S/c1-5-24(6-2)20(27)13-25-21(28)19(30-22(25)29)12-16-11-14(3)26(15(16)4)18-9-7-17(23)8-10-18/h7-12H,5-6,13H2,1-4H3/b19-12-. The van der Waals surface area contributed by atoms with Crippen molar-refractivity contribution in [2.24, 2.45) is 0 Å². The summed E-state index contributed by atoms with van der Waals surface area (Å²) >= 11 is 6.86. The maximum Gasteiger partial charge on any atom is 0.294 e. The molecule has 1 aliphatic rings. The van der Waals surface area contributed by atoms with Gasteiger partial charge in [-0.15, -0.1) is 0 Å². The molecule has 0 aliphatic carbocycles. The van der Waals surface area contributed by atoms with E-state index in [0.29, 0.717) is 23.0 Å². The monoisotopic (exact) mass is 445 g/mol. The van der Waals surface area contributed by atoms with Crippen molar-refractivity contribution < 1.29 is 14.4 Å². The molecule has 0 bridgehead atoms. The molecule has 1 aliphatic heterocycles. The number of aromatic nitrogens is 1. The molecule has 0 atom stereocenters. The average Bonchev–Trinajstić information content (AvgIpc) is 3.13. The molecule has 3 amide bonds. The minimum absolute atomic E-state index is 0.229. The van der Waals surface area contributed by atoms with Crippen molar-refractivity contribution in [3.8, 4) is 5.69 Å². The van der Waals surface area contributed by atoms with E-state index in [1.54, 1.807) is 11.0 Å². The van der Waals surface area contributed by atoms with E-state index in [-0.39, 0.29) is 12.5 Å². The van der Waals surface area contributed by atoms with E-state index in [2.05, 4.69) is 4.57 Å². The quantitative estimate of drug-likeness (QED) is 0.607. The fraction of sp³-hybridized carbons (Fsp3) is 0.318. The molecule has 1 aromatic carbocycles. The van der Waals surface area contributed by atoms with Gasteiger partial charge in [0.2, 0.25) is 5.91 Å². The second kappa shape index (κ2) is 9.10. The Morgan fingerprint density at radius 3 is 2.37 bits per heavy atom. The molecule has 1 saturated heterocycles. The number of likely N-dealkylation sites (N-methyl/N-ethyl adjacent to an activating group) is 1. The van der Waals surface area contributed by atoms with Gasteiger partial charge in [-0.3, -0.25) is 19.3 Å². The number of carbonyl (C=O) groups is 3. The largest absolute Gasteiger partial charge is 0.342 e. The number of carbonyl (C=O) groups excluding carboxylic acids is 3. The molecule has 0 radical (unpaired) electrons. The molecule has 6 nitrogen and oxygen atoms in total. The van der Waals surface area contributed by atoms with Gasteiger partial charge in [-0.2, -0.15) is 0 Å². The van der Waals surface area contributed by atoms with Crippen LogP contribution in [-0.2, 0) is 9.59 Å². The van der Waals surface area contributed by atoms with Crippen LogP contribution in [0.3, 0.4) is 0 Å². The van der Waals surface area contributed by atoms with Crippen molar-refractivity contribution in [3.05, 3.63) is 57.2 Å². The SMILES string of the molecule is CCN(CC)C(=O)CN1C(=O)S/C(=C\c2cc(C)n(-c3ccc(Cl)cc3)c2C)C1=O. The van der Waals surface area contributed by atoms with Gasteiger partial charge in [0.25, 0.3) is 11.1 Å². The highest BCUT2D eigenvalue weighted by Crippen LogP contribution is 2.33. The Morgan fingerprint density at radius 1 is 1.13 bits per heavy atom. The van der Waals surface area contributed by atoms with Crippen molar-refractivity contribution >= 4 is 46.5 Å². The number of rotatable bonds is 6. The summed E-state index contributed by atoms with van der Waals surface area (Å²) in [6.07, 6.45) is 1.72. The van der Waals surface area contributed by atoms with Gasteiger partial charge in [-0.25, -0.2) is 0 Å².